The average molecular weight is 472 g/mol. The van der Waals surface area contributed by atoms with E-state index in [0.717, 1.165) is 16.9 Å². The molecular formula is C24H26FN3O4S. The van der Waals surface area contributed by atoms with Crippen molar-refractivity contribution in [1.82, 2.24) is 14.1 Å². The quantitative estimate of drug-likeness (QED) is 0.297. The molecule has 7 nitrogen and oxygen atoms in total. The Morgan fingerprint density at radius 2 is 2.00 bits per heavy atom. The van der Waals surface area contributed by atoms with Crippen LogP contribution in [-0.2, 0) is 20.7 Å². The lowest BCUT2D eigenvalue weighted by Crippen LogP contribution is -2.26. The molecule has 0 aliphatic carbocycles. The largest absolute Gasteiger partial charge is 0.497 e. The van der Waals surface area contributed by atoms with Crippen LogP contribution in [0.3, 0.4) is 0 Å². The number of esters is 1. The summed E-state index contributed by atoms with van der Waals surface area (Å²) in [6, 6.07) is 11.8. The van der Waals surface area contributed by atoms with E-state index in [-0.39, 0.29) is 24.3 Å². The summed E-state index contributed by atoms with van der Waals surface area (Å²) in [6.07, 6.45) is 1.51. The molecule has 1 fully saturated rings. The minimum atomic E-state index is -0.414. The van der Waals surface area contributed by atoms with Gasteiger partial charge in [0.25, 0.3) is 0 Å². The summed E-state index contributed by atoms with van der Waals surface area (Å²) >= 11 is 0. The standard InChI is InChI=1S/C24H26FN3O4S/c1-4-33(20-8-6-19(31-2)7-9-20)27-14-17(12-18(27)15-29)28-23-11-16(25)5-10-21(23)22(26-28)13-24(30)32-3/h4-11,15,17-18H,12-14H2,1-3H3/t17-,18-,33?/m1/s1. The molecule has 3 aromatic rings. The molecule has 0 amide bonds. The van der Waals surface area contributed by atoms with Gasteiger partial charge in [-0.3, -0.25) is 9.48 Å². The summed E-state index contributed by atoms with van der Waals surface area (Å²) in [7, 11) is 2.54. The van der Waals surface area contributed by atoms with Gasteiger partial charge in [0.15, 0.2) is 0 Å². The Balaban J connectivity index is 1.70. The third kappa shape index (κ3) is 4.56. The van der Waals surface area contributed by atoms with E-state index in [0.29, 0.717) is 29.6 Å². The number of aromatic nitrogens is 2. The second kappa shape index (κ2) is 9.84. The second-order valence-electron chi connectivity index (χ2n) is 7.72. The monoisotopic (exact) mass is 471 g/mol. The van der Waals surface area contributed by atoms with Gasteiger partial charge in [-0.15, -0.1) is 0 Å². The maximum absolute atomic E-state index is 14.1. The van der Waals surface area contributed by atoms with Gasteiger partial charge in [-0.2, -0.15) is 5.10 Å². The summed E-state index contributed by atoms with van der Waals surface area (Å²) in [5.41, 5.74) is 1.14. The first-order valence-electron chi connectivity index (χ1n) is 10.6. The van der Waals surface area contributed by atoms with Crippen LogP contribution < -0.4 is 4.74 Å². The van der Waals surface area contributed by atoms with E-state index in [4.69, 9.17) is 9.47 Å². The minimum absolute atomic E-state index is 0.00185. The Hall–Kier alpha value is -3.04. The van der Waals surface area contributed by atoms with Gasteiger partial charge in [-0.25, -0.2) is 8.70 Å². The number of rotatable bonds is 7. The summed E-state index contributed by atoms with van der Waals surface area (Å²) in [5, 5.41) is 7.46. The summed E-state index contributed by atoms with van der Waals surface area (Å²) in [4.78, 5) is 25.0. The molecule has 1 unspecified atom stereocenters. The molecule has 1 saturated heterocycles. The molecule has 0 bridgehead atoms. The van der Waals surface area contributed by atoms with Crippen molar-refractivity contribution in [2.45, 2.75) is 36.7 Å². The molecule has 1 aliphatic heterocycles. The molecule has 1 aromatic heterocycles. The van der Waals surface area contributed by atoms with Crippen molar-refractivity contribution in [3.63, 3.8) is 0 Å². The van der Waals surface area contributed by atoms with Gasteiger partial charge < -0.3 is 14.3 Å². The maximum Gasteiger partial charge on any atom is 0.311 e. The topological polar surface area (TPSA) is 73.7 Å². The number of halogens is 1. The predicted octanol–water partition coefficient (Wildman–Crippen LogP) is 3.78. The number of hydrogen-bond acceptors (Lipinski definition) is 6. The third-order valence-electron chi connectivity index (χ3n) is 5.84. The van der Waals surface area contributed by atoms with Crippen molar-refractivity contribution in [1.29, 1.82) is 0 Å². The number of benzene rings is 2. The fourth-order valence-corrected chi connectivity index (χ4v) is 6.25. The first kappa shape index (κ1) is 23.1. The lowest BCUT2D eigenvalue weighted by atomic mass is 10.1. The number of aldehydes is 1. The van der Waals surface area contributed by atoms with Gasteiger partial charge >= 0.3 is 5.97 Å². The van der Waals surface area contributed by atoms with Crippen molar-refractivity contribution < 1.29 is 23.5 Å². The first-order chi connectivity index (χ1) is 16.0. The highest BCUT2D eigenvalue weighted by Gasteiger charge is 2.36. The van der Waals surface area contributed by atoms with Gasteiger partial charge in [0.1, 0.15) is 17.9 Å². The fourth-order valence-electron chi connectivity index (χ4n) is 4.26. The van der Waals surface area contributed by atoms with Crippen LogP contribution in [0.1, 0.15) is 25.1 Å². The molecule has 0 saturated carbocycles. The fraction of sp³-hybridized carbons (Fsp3) is 0.333. The van der Waals surface area contributed by atoms with Gasteiger partial charge in [0.2, 0.25) is 0 Å². The van der Waals surface area contributed by atoms with Gasteiger partial charge in [-0.05, 0) is 61.2 Å². The van der Waals surface area contributed by atoms with Crippen LogP contribution in [0.4, 0.5) is 4.39 Å². The van der Waals surface area contributed by atoms with Crippen LogP contribution in [0.2, 0.25) is 0 Å². The molecule has 0 N–H and O–H groups in total. The smallest absolute Gasteiger partial charge is 0.311 e. The number of ether oxygens (including phenoxy) is 2. The number of carbonyl (C=O) groups is 2. The van der Waals surface area contributed by atoms with E-state index in [1.807, 2.05) is 31.2 Å². The van der Waals surface area contributed by atoms with E-state index in [2.05, 4.69) is 14.8 Å². The number of carbonyl (C=O) groups excluding carboxylic acids is 2. The Morgan fingerprint density at radius 1 is 1.24 bits per heavy atom. The lowest BCUT2D eigenvalue weighted by molar-refractivity contribution is -0.139. The molecule has 9 heteroatoms. The van der Waals surface area contributed by atoms with Crippen molar-refractivity contribution in [2.75, 3.05) is 20.8 Å². The van der Waals surface area contributed by atoms with Crippen LogP contribution in [0.5, 0.6) is 5.75 Å². The molecule has 0 spiro atoms. The molecule has 33 heavy (non-hydrogen) atoms. The van der Waals surface area contributed by atoms with Crippen LogP contribution in [0.15, 0.2) is 47.4 Å². The van der Waals surface area contributed by atoms with Gasteiger partial charge in [0, 0.05) is 16.8 Å². The first-order valence-corrected chi connectivity index (χ1v) is 11.9. The van der Waals surface area contributed by atoms with Crippen molar-refractivity contribution in [2.24, 2.45) is 0 Å². The molecule has 1 aliphatic rings. The van der Waals surface area contributed by atoms with E-state index >= 15 is 0 Å². The SMILES string of the molecule is C/C=S(\c1ccc(OC)cc1)N1C[C@H](n2nc(CC(=O)OC)c3ccc(F)cc32)C[C@@H]1C=O. The summed E-state index contributed by atoms with van der Waals surface area (Å²) in [6.45, 7) is 2.55. The van der Waals surface area contributed by atoms with Crippen molar-refractivity contribution >= 4 is 39.2 Å². The van der Waals surface area contributed by atoms with Crippen LogP contribution in [0, 0.1) is 5.82 Å². The number of methoxy groups -OCH3 is 2. The molecule has 2 aromatic carbocycles. The van der Waals surface area contributed by atoms with Gasteiger partial charge in [0.05, 0.1) is 43.9 Å². The zero-order valence-corrected chi connectivity index (χ0v) is 19.5. The van der Waals surface area contributed by atoms with E-state index in [9.17, 15) is 14.0 Å². The zero-order chi connectivity index (χ0) is 23.5. The predicted molar refractivity (Wildman–Crippen MR) is 126 cm³/mol. The Kier molecular flexibility index (Phi) is 6.90. The minimum Gasteiger partial charge on any atom is -0.497 e. The Bertz CT molecular complexity index is 1210. The highest BCUT2D eigenvalue weighted by Crippen LogP contribution is 2.41. The van der Waals surface area contributed by atoms with Crippen molar-refractivity contribution in [3.8, 4) is 5.75 Å². The zero-order valence-electron chi connectivity index (χ0n) is 18.7. The van der Waals surface area contributed by atoms with E-state index in [1.54, 1.807) is 17.9 Å². The number of nitrogens with zero attached hydrogens (tertiary/aromatic N) is 3. The van der Waals surface area contributed by atoms with Crippen molar-refractivity contribution in [3.05, 3.63) is 54.0 Å². The summed E-state index contributed by atoms with van der Waals surface area (Å²) in [5.74, 6) is -0.0194. The molecule has 2 heterocycles. The average Bonchev–Trinajstić information content (AvgIpc) is 3.41. The van der Waals surface area contributed by atoms with Crippen LogP contribution in [0.25, 0.3) is 10.9 Å². The normalized spacial score (nSPS) is 19.6. The molecule has 174 valence electrons. The molecule has 0 radical (unpaired) electrons. The third-order valence-corrected chi connectivity index (χ3v) is 7.97. The number of hydrogen-bond donors (Lipinski definition) is 0. The molecule has 3 atom stereocenters. The van der Waals surface area contributed by atoms with Crippen LogP contribution >= 0.6 is 10.7 Å². The lowest BCUT2D eigenvalue weighted by Gasteiger charge is -2.25. The van der Waals surface area contributed by atoms with E-state index in [1.165, 1.54) is 19.2 Å². The summed E-state index contributed by atoms with van der Waals surface area (Å²) < 4.78 is 28.1. The number of fused-ring (bicyclic) bond motifs is 1. The van der Waals surface area contributed by atoms with Gasteiger partial charge in [-0.1, -0.05) is 10.7 Å². The highest BCUT2D eigenvalue weighted by atomic mass is 32.2. The molecular weight excluding hydrogens is 445 g/mol. The molecule has 4 rings (SSSR count). The van der Waals surface area contributed by atoms with E-state index < -0.39 is 16.6 Å². The second-order valence-corrected chi connectivity index (χ2v) is 9.76. The Morgan fingerprint density at radius 3 is 2.64 bits per heavy atom. The van der Waals surface area contributed by atoms with Crippen LogP contribution in [-0.4, -0.2) is 58.5 Å². The highest BCUT2D eigenvalue weighted by molar-refractivity contribution is 8.13. The Labute approximate surface area is 194 Å². The maximum atomic E-state index is 14.1.